The van der Waals surface area contributed by atoms with Gasteiger partial charge in [-0.2, -0.15) is 0 Å². The molecule has 0 aromatic heterocycles. The van der Waals surface area contributed by atoms with E-state index in [-0.39, 0.29) is 11.9 Å². The summed E-state index contributed by atoms with van der Waals surface area (Å²) in [6.45, 7) is 5.58. The fraction of sp³-hybridized carbons (Fsp3) is 0.818. The smallest absolute Gasteiger partial charge is 0.217 e. The monoisotopic (exact) mass is 243 g/mol. The Labute approximate surface area is 103 Å². The Bertz CT molecular complexity index is 262. The molecule has 0 aliphatic carbocycles. The lowest BCUT2D eigenvalue weighted by Gasteiger charge is -2.36. The minimum absolute atomic E-state index is 0.0554. The van der Waals surface area contributed by atoms with Gasteiger partial charge in [-0.15, -0.1) is 0 Å². The Morgan fingerprint density at radius 1 is 1.56 bits per heavy atom. The number of piperidine rings is 1. The van der Waals surface area contributed by atoms with Gasteiger partial charge in [0.25, 0.3) is 0 Å². The molecule has 0 radical (unpaired) electrons. The molecule has 1 unspecified atom stereocenters. The lowest BCUT2D eigenvalue weighted by atomic mass is 10.0. The first-order valence-corrected chi connectivity index (χ1v) is 6.26. The lowest BCUT2D eigenvalue weighted by Crippen LogP contribution is -2.51. The fourth-order valence-corrected chi connectivity index (χ4v) is 2.60. The third-order valence-corrected chi connectivity index (χ3v) is 3.36. The number of nitrogens with one attached hydrogen (secondary N) is 1. The van der Waals surface area contributed by atoms with Crippen molar-refractivity contribution in [1.82, 2.24) is 10.2 Å². The quantitative estimate of drug-likeness (QED) is 0.712. The second-order valence-electron chi connectivity index (χ2n) is 4.34. The number of rotatable bonds is 4. The molecular weight excluding hydrogens is 222 g/mol. The van der Waals surface area contributed by atoms with E-state index in [9.17, 15) is 4.79 Å². The summed E-state index contributed by atoms with van der Waals surface area (Å²) >= 11 is 5.06. The molecule has 1 aliphatic heterocycles. The van der Waals surface area contributed by atoms with Crippen LogP contribution in [0.5, 0.6) is 0 Å². The third kappa shape index (κ3) is 3.72. The predicted octanol–water partition coefficient (Wildman–Crippen LogP) is 0.652. The number of likely N-dealkylation sites (tertiary alicyclic amines) is 1. The first-order chi connectivity index (χ1) is 7.54. The highest BCUT2D eigenvalue weighted by Crippen LogP contribution is 2.15. The SMILES string of the molecule is CCC(C(N)=S)N1CCC(NC(C)=O)CC1. The molecule has 3 N–H and O–H groups in total. The Kier molecular flexibility index (Phi) is 5.15. The number of nitrogens with zero attached hydrogens (tertiary/aromatic N) is 1. The summed E-state index contributed by atoms with van der Waals surface area (Å²) in [4.78, 5) is 13.8. The van der Waals surface area contributed by atoms with Crippen molar-refractivity contribution in [1.29, 1.82) is 0 Å². The minimum Gasteiger partial charge on any atom is -0.392 e. The summed E-state index contributed by atoms with van der Waals surface area (Å²) in [5.74, 6) is 0.0554. The zero-order chi connectivity index (χ0) is 12.1. The molecule has 1 fully saturated rings. The van der Waals surface area contributed by atoms with Crippen molar-refractivity contribution in [3.05, 3.63) is 0 Å². The zero-order valence-electron chi connectivity index (χ0n) is 10.0. The van der Waals surface area contributed by atoms with E-state index in [1.807, 2.05) is 0 Å². The van der Waals surface area contributed by atoms with Gasteiger partial charge in [0, 0.05) is 26.1 Å². The third-order valence-electron chi connectivity index (χ3n) is 3.09. The van der Waals surface area contributed by atoms with E-state index >= 15 is 0 Å². The summed E-state index contributed by atoms with van der Waals surface area (Å²) < 4.78 is 0. The summed E-state index contributed by atoms with van der Waals surface area (Å²) in [6, 6.07) is 0.533. The van der Waals surface area contributed by atoms with Gasteiger partial charge in [0.2, 0.25) is 5.91 Å². The minimum atomic E-state index is 0.0554. The van der Waals surface area contributed by atoms with Crippen molar-refractivity contribution in [2.75, 3.05) is 13.1 Å². The Balaban J connectivity index is 2.41. The topological polar surface area (TPSA) is 58.4 Å². The molecule has 5 heteroatoms. The normalized spacial score (nSPS) is 20.4. The van der Waals surface area contributed by atoms with Gasteiger partial charge in [-0.05, 0) is 19.3 Å². The standard InChI is InChI=1S/C11H21N3OS/c1-3-10(11(12)16)14-6-4-9(5-7-14)13-8(2)15/h9-10H,3-7H2,1-2H3,(H2,12,16)(H,13,15). The molecule has 92 valence electrons. The van der Waals surface area contributed by atoms with Crippen LogP contribution in [0.3, 0.4) is 0 Å². The highest BCUT2D eigenvalue weighted by atomic mass is 32.1. The van der Waals surface area contributed by atoms with Crippen molar-refractivity contribution >= 4 is 23.1 Å². The molecule has 1 heterocycles. The van der Waals surface area contributed by atoms with E-state index in [4.69, 9.17) is 18.0 Å². The fourth-order valence-electron chi connectivity index (χ4n) is 2.28. The van der Waals surface area contributed by atoms with Crippen LogP contribution in [0, 0.1) is 0 Å². The molecular formula is C11H21N3OS. The maximum absolute atomic E-state index is 10.9. The van der Waals surface area contributed by atoms with Gasteiger partial charge >= 0.3 is 0 Å². The Morgan fingerprint density at radius 2 is 2.12 bits per heavy atom. The van der Waals surface area contributed by atoms with Gasteiger partial charge < -0.3 is 11.1 Å². The van der Waals surface area contributed by atoms with E-state index in [0.29, 0.717) is 11.0 Å². The van der Waals surface area contributed by atoms with Crippen LogP contribution in [-0.2, 0) is 4.79 Å². The first kappa shape index (κ1) is 13.4. The van der Waals surface area contributed by atoms with Gasteiger partial charge in [0.1, 0.15) is 0 Å². The molecule has 16 heavy (non-hydrogen) atoms. The molecule has 0 bridgehead atoms. The van der Waals surface area contributed by atoms with E-state index in [2.05, 4.69) is 17.1 Å². The van der Waals surface area contributed by atoms with Crippen molar-refractivity contribution in [2.24, 2.45) is 5.73 Å². The number of hydrogen-bond acceptors (Lipinski definition) is 3. The summed E-state index contributed by atoms with van der Waals surface area (Å²) in [5.41, 5.74) is 5.71. The molecule has 0 saturated carbocycles. The number of hydrogen-bond donors (Lipinski definition) is 2. The van der Waals surface area contributed by atoms with Gasteiger partial charge in [0.05, 0.1) is 11.0 Å². The molecule has 1 atom stereocenters. The maximum atomic E-state index is 10.9. The maximum Gasteiger partial charge on any atom is 0.217 e. The van der Waals surface area contributed by atoms with Crippen LogP contribution in [-0.4, -0.2) is 41.0 Å². The summed E-state index contributed by atoms with van der Waals surface area (Å²) in [5, 5.41) is 2.96. The molecule has 1 aliphatic rings. The highest BCUT2D eigenvalue weighted by Gasteiger charge is 2.25. The van der Waals surface area contributed by atoms with Crippen LogP contribution in [0.25, 0.3) is 0 Å². The molecule has 1 amide bonds. The van der Waals surface area contributed by atoms with Crippen LogP contribution >= 0.6 is 12.2 Å². The lowest BCUT2D eigenvalue weighted by molar-refractivity contribution is -0.120. The van der Waals surface area contributed by atoms with Gasteiger partial charge in [-0.3, -0.25) is 9.69 Å². The number of carbonyl (C=O) groups is 1. The average molecular weight is 243 g/mol. The van der Waals surface area contributed by atoms with Crippen LogP contribution in [0.1, 0.15) is 33.1 Å². The molecule has 1 saturated heterocycles. The van der Waals surface area contributed by atoms with Crippen LogP contribution < -0.4 is 11.1 Å². The number of nitrogens with two attached hydrogens (primary N) is 1. The predicted molar refractivity (Wildman–Crippen MR) is 69.3 cm³/mol. The Hall–Kier alpha value is -0.680. The van der Waals surface area contributed by atoms with E-state index in [1.165, 1.54) is 0 Å². The molecule has 4 nitrogen and oxygen atoms in total. The molecule has 0 spiro atoms. The van der Waals surface area contributed by atoms with Crippen molar-refractivity contribution < 1.29 is 4.79 Å². The number of amides is 1. The summed E-state index contributed by atoms with van der Waals surface area (Å²) in [7, 11) is 0. The molecule has 0 aromatic carbocycles. The largest absolute Gasteiger partial charge is 0.392 e. The number of carbonyl (C=O) groups excluding carboxylic acids is 1. The van der Waals surface area contributed by atoms with Gasteiger partial charge in [-0.25, -0.2) is 0 Å². The van der Waals surface area contributed by atoms with Crippen molar-refractivity contribution in [3.63, 3.8) is 0 Å². The van der Waals surface area contributed by atoms with Gasteiger partial charge in [-0.1, -0.05) is 19.1 Å². The first-order valence-electron chi connectivity index (χ1n) is 5.85. The number of thiocarbonyl (C=S) groups is 1. The van der Waals surface area contributed by atoms with Crippen LogP contribution in [0.4, 0.5) is 0 Å². The highest BCUT2D eigenvalue weighted by molar-refractivity contribution is 7.80. The molecule has 1 rings (SSSR count). The second-order valence-corrected chi connectivity index (χ2v) is 4.81. The van der Waals surface area contributed by atoms with Gasteiger partial charge in [0.15, 0.2) is 0 Å². The van der Waals surface area contributed by atoms with Crippen LogP contribution in [0.2, 0.25) is 0 Å². The van der Waals surface area contributed by atoms with E-state index < -0.39 is 0 Å². The van der Waals surface area contributed by atoms with E-state index in [1.54, 1.807) is 6.92 Å². The Morgan fingerprint density at radius 3 is 2.50 bits per heavy atom. The van der Waals surface area contributed by atoms with E-state index in [0.717, 1.165) is 32.4 Å². The van der Waals surface area contributed by atoms with Crippen molar-refractivity contribution in [3.8, 4) is 0 Å². The second kappa shape index (κ2) is 6.15. The molecule has 0 aromatic rings. The van der Waals surface area contributed by atoms with Crippen molar-refractivity contribution in [2.45, 2.75) is 45.2 Å². The zero-order valence-corrected chi connectivity index (χ0v) is 10.8. The average Bonchev–Trinajstić information content (AvgIpc) is 2.20. The summed E-state index contributed by atoms with van der Waals surface area (Å²) in [6.07, 6.45) is 2.93. The van der Waals surface area contributed by atoms with Crippen LogP contribution in [0.15, 0.2) is 0 Å².